The van der Waals surface area contributed by atoms with Crippen molar-refractivity contribution in [3.63, 3.8) is 0 Å². The van der Waals surface area contributed by atoms with Crippen molar-refractivity contribution >= 4 is 109 Å². The maximum absolute atomic E-state index is 15.1. The van der Waals surface area contributed by atoms with Crippen LogP contribution in [-0.4, -0.2) is 202 Å². The molecule has 96 heavy (non-hydrogen) atoms. The number of nitrogens with one attached hydrogen (secondary N) is 9. The van der Waals surface area contributed by atoms with E-state index in [-0.39, 0.29) is 72.2 Å². The molecule has 4 aliphatic rings. The minimum absolute atomic E-state index is 0.0539. The lowest BCUT2D eigenvalue weighted by molar-refractivity contribution is -0.145. The van der Waals surface area contributed by atoms with E-state index in [9.17, 15) is 72.9 Å². The zero-order valence-electron chi connectivity index (χ0n) is 54.7. The number of hydrogen-bond acceptors (Lipinski definition) is 19. The third kappa shape index (κ3) is 18.8. The summed E-state index contributed by atoms with van der Waals surface area (Å²) in [5.74, 6) is -19.4. The third-order valence-electron chi connectivity index (χ3n) is 18.2. The van der Waals surface area contributed by atoms with Crippen molar-refractivity contribution in [2.45, 2.75) is 160 Å². The van der Waals surface area contributed by atoms with Gasteiger partial charge in [-0.05, 0) is 47.6 Å². The number of benzene rings is 2. The zero-order chi connectivity index (χ0) is 70.6. The minimum atomic E-state index is -4.89. The van der Waals surface area contributed by atoms with Crippen molar-refractivity contribution in [2.75, 3.05) is 43.9 Å². The van der Waals surface area contributed by atoms with Gasteiger partial charge in [-0.1, -0.05) is 85.2 Å². The Morgan fingerprint density at radius 1 is 0.760 bits per heavy atom. The average Bonchev–Trinajstić information content (AvgIpc) is 1.60. The van der Waals surface area contributed by atoms with Crippen molar-refractivity contribution in [1.29, 1.82) is 0 Å². The molecular weight excluding hydrogens is 1270 g/mol. The molecule has 2 saturated heterocycles. The van der Waals surface area contributed by atoms with Gasteiger partial charge in [-0.2, -0.15) is 0 Å². The number of rotatable bonds is 19. The first-order valence-corrected chi connectivity index (χ1v) is 33.9. The van der Waals surface area contributed by atoms with Crippen LogP contribution in [0.5, 0.6) is 0 Å². The van der Waals surface area contributed by atoms with Gasteiger partial charge in [0, 0.05) is 105 Å². The molecule has 13 atom stereocenters. The quantitative estimate of drug-likeness (QED) is 0.0609. The SMILES string of the molecule is CC[C@H](C)[C@@H]1NC(=O)CNC(=O)[C@H]2CC(=O)[C@H]([C@@H](C)[C@@H](O)CO)NC(=O)[C@@H]3CC(O)CN3C(=O)[C@H](CC(=O)NCc3ccc(NC(=O)[C@H](C)CC(=O)[C@@H](NC(=O)CCN4C(=O)CC(C)C4=O)C(C)C)cc3)CC(=O)[C@H](CS(=O)(=O)c3[nH]c4ccccc4c3C2)NC(=O)CNC1=O. The van der Waals surface area contributed by atoms with Gasteiger partial charge in [0.1, 0.15) is 23.2 Å². The number of aromatic nitrogens is 1. The van der Waals surface area contributed by atoms with Gasteiger partial charge in [0.15, 0.2) is 27.2 Å². The third-order valence-corrected chi connectivity index (χ3v) is 20.0. The number of sulfone groups is 1. The molecule has 30 nitrogen and oxygen atoms in total. The van der Waals surface area contributed by atoms with E-state index in [1.54, 1.807) is 46.8 Å². The average molecular weight is 1360 g/mol. The summed E-state index contributed by atoms with van der Waals surface area (Å²) in [5.41, 5.74) is 0.876. The van der Waals surface area contributed by atoms with Crippen LogP contribution in [0.1, 0.15) is 111 Å². The van der Waals surface area contributed by atoms with Crippen LogP contribution in [0.25, 0.3) is 10.9 Å². The molecule has 3 aromatic rings. The highest BCUT2D eigenvalue weighted by molar-refractivity contribution is 7.91. The minimum Gasteiger partial charge on any atom is -0.394 e. The number of carbonyl (C=O) groups is 14. The molecule has 12 N–H and O–H groups in total. The highest BCUT2D eigenvalue weighted by atomic mass is 32.2. The Morgan fingerprint density at radius 2 is 1.43 bits per heavy atom. The van der Waals surface area contributed by atoms with Crippen LogP contribution < -0.4 is 42.5 Å². The van der Waals surface area contributed by atoms with Crippen LogP contribution in [0, 0.1) is 41.4 Å². The first-order valence-electron chi connectivity index (χ1n) is 32.2. The van der Waals surface area contributed by atoms with E-state index in [0.717, 1.165) is 9.80 Å². The van der Waals surface area contributed by atoms with Crippen LogP contribution in [-0.2, 0) is 89.9 Å². The number of para-hydroxylation sites is 1. The Labute approximate surface area is 554 Å². The number of carbonyl (C=O) groups excluding carboxylic acids is 14. The van der Waals surface area contributed by atoms with Crippen LogP contribution in [0.2, 0.25) is 0 Å². The second-order valence-corrected chi connectivity index (χ2v) is 27.9. The van der Waals surface area contributed by atoms with Crippen molar-refractivity contribution in [3.05, 3.63) is 59.7 Å². The molecule has 1 aromatic heterocycles. The molecule has 31 heteroatoms. The number of aliphatic hydroxyl groups excluding tert-OH is 3. The second kappa shape index (κ2) is 32.8. The number of fused-ring (bicyclic) bond motifs is 5. The molecule has 0 spiro atoms. The van der Waals surface area contributed by atoms with Crippen LogP contribution >= 0.6 is 0 Å². The smallest absolute Gasteiger partial charge is 0.243 e. The van der Waals surface area contributed by atoms with Crippen molar-refractivity contribution in [1.82, 2.24) is 52.0 Å². The molecule has 5 heterocycles. The predicted octanol–water partition coefficient (Wildman–Crippen LogP) is -1.49. The zero-order valence-corrected chi connectivity index (χ0v) is 55.5. The molecule has 4 aliphatic heterocycles. The fraction of sp³-hybridized carbons (Fsp3) is 0.569. The van der Waals surface area contributed by atoms with E-state index in [2.05, 4.69) is 47.5 Å². The van der Waals surface area contributed by atoms with Crippen LogP contribution in [0.4, 0.5) is 5.69 Å². The molecule has 2 unspecified atom stereocenters. The fourth-order valence-electron chi connectivity index (χ4n) is 12.3. The number of nitrogens with zero attached hydrogens (tertiary/aromatic N) is 2. The molecule has 0 radical (unpaired) electrons. The molecule has 0 saturated carbocycles. The number of aliphatic hydroxyl groups is 3. The summed E-state index contributed by atoms with van der Waals surface area (Å²) in [6.07, 6.45) is -6.89. The van der Waals surface area contributed by atoms with Gasteiger partial charge >= 0.3 is 0 Å². The van der Waals surface area contributed by atoms with Gasteiger partial charge in [-0.15, -0.1) is 0 Å². The van der Waals surface area contributed by atoms with Crippen LogP contribution in [0.3, 0.4) is 0 Å². The normalized spacial score (nSPS) is 25.1. The number of H-pyrrole nitrogens is 1. The van der Waals surface area contributed by atoms with E-state index in [1.807, 2.05) is 0 Å². The summed E-state index contributed by atoms with van der Waals surface area (Å²) in [6, 6.07) is 4.53. The molecule has 0 aliphatic carbocycles. The lowest BCUT2D eigenvalue weighted by atomic mass is 9.85. The highest BCUT2D eigenvalue weighted by Crippen LogP contribution is 2.33. The molecule has 2 aromatic carbocycles. The summed E-state index contributed by atoms with van der Waals surface area (Å²) >= 11 is 0. The van der Waals surface area contributed by atoms with Gasteiger partial charge in [-0.25, -0.2) is 8.42 Å². The maximum Gasteiger partial charge on any atom is 0.243 e. The largest absolute Gasteiger partial charge is 0.394 e. The summed E-state index contributed by atoms with van der Waals surface area (Å²) in [6.45, 7) is 7.75. The Bertz CT molecular complexity index is 3610. The number of Topliss-reactive ketones (excluding diaryl/α,β-unsaturated/α-hetero) is 3. The topological polar surface area (TPSA) is 452 Å². The van der Waals surface area contributed by atoms with E-state index >= 15 is 18.0 Å². The van der Waals surface area contributed by atoms with Gasteiger partial charge in [0.25, 0.3) is 0 Å². The number of aromatic amines is 1. The number of amides is 11. The highest BCUT2D eigenvalue weighted by Gasteiger charge is 2.46. The molecule has 2 fully saturated rings. The summed E-state index contributed by atoms with van der Waals surface area (Å²) in [7, 11) is -4.89. The summed E-state index contributed by atoms with van der Waals surface area (Å²) in [5, 5.41) is 52.4. The number of hydrogen-bond donors (Lipinski definition) is 12. The Balaban J connectivity index is 1.16. The second-order valence-electron chi connectivity index (χ2n) is 25.9. The van der Waals surface area contributed by atoms with Gasteiger partial charge in [-0.3, -0.25) is 72.0 Å². The van der Waals surface area contributed by atoms with Gasteiger partial charge < -0.3 is 67.7 Å². The van der Waals surface area contributed by atoms with E-state index in [0.29, 0.717) is 12.0 Å². The molecule has 2 bridgehead atoms. The fourth-order valence-corrected chi connectivity index (χ4v) is 14.0. The number of anilines is 1. The lowest BCUT2D eigenvalue weighted by Crippen LogP contribution is -2.56. The monoisotopic (exact) mass is 1360 g/mol. The first-order chi connectivity index (χ1) is 45.3. The number of likely N-dealkylation sites (tertiary alicyclic amines) is 1. The van der Waals surface area contributed by atoms with Crippen LogP contribution in [0.15, 0.2) is 53.6 Å². The summed E-state index contributed by atoms with van der Waals surface area (Å²) in [4.78, 5) is 199. The first kappa shape index (κ1) is 74.6. The Hall–Kier alpha value is -8.81. The Kier molecular flexibility index (Phi) is 25.4. The van der Waals surface area contributed by atoms with Crippen molar-refractivity contribution in [2.24, 2.45) is 41.4 Å². The number of imide groups is 1. The predicted molar refractivity (Wildman–Crippen MR) is 342 cm³/mol. The standard InChI is InChI=1S/C65H87N11O19S/c1-8-33(4)57-62(91)68-27-53(85)70-45-31-96(94,95)63-43(42-11-9-10-12-44(42)71-63)21-38(60(89)67-28-54(86)73-57)22-49(81)58(36(7)50(82)30-77)74-61(90)46-25-41(78)29-76(46)65(93)39(23-47(45)79)24-52(84)66-26-37-13-15-40(16-14-37)69-59(88)34(5)19-48(80)56(32(2)3)72-51(83)17-18-75-55(87)20-35(6)64(75)92/h9-16,32-36,38-39,41,45-46,50,56-58,71,77-78,82H,8,17-31H2,1-7H3,(H,66,84)(H,67,89)(H,68,91)(H,69,88)(H,70,85)(H,72,83)(H,73,86)(H,74,90)/t33-,34+,35?,36-,38+,39-,41?,45-,46-,50-,56-,57-,58-/m0/s1. The Morgan fingerprint density at radius 3 is 2.07 bits per heavy atom. The molecule has 7 rings (SSSR count). The lowest BCUT2D eigenvalue weighted by Gasteiger charge is -2.32. The summed E-state index contributed by atoms with van der Waals surface area (Å²) < 4.78 is 30.2. The number of ketones is 3. The molecule has 11 amide bonds. The molecular formula is C65H87N11O19S. The van der Waals surface area contributed by atoms with E-state index in [4.69, 9.17) is 0 Å². The van der Waals surface area contributed by atoms with E-state index in [1.165, 1.54) is 50.2 Å². The van der Waals surface area contributed by atoms with Gasteiger partial charge in [0.2, 0.25) is 65.0 Å². The molecule has 522 valence electrons. The van der Waals surface area contributed by atoms with E-state index < -0.39 is 227 Å². The maximum atomic E-state index is 15.1. The van der Waals surface area contributed by atoms with Crippen molar-refractivity contribution in [3.8, 4) is 0 Å². The van der Waals surface area contributed by atoms with Gasteiger partial charge in [0.05, 0.1) is 55.7 Å². The van der Waals surface area contributed by atoms with Crippen molar-refractivity contribution < 1.29 is 90.9 Å².